The van der Waals surface area contributed by atoms with E-state index in [-0.39, 0.29) is 0 Å². The second-order valence-corrected chi connectivity index (χ2v) is 4.06. The van der Waals surface area contributed by atoms with Crippen molar-refractivity contribution in [1.29, 1.82) is 5.26 Å². The molecule has 0 N–H and O–H groups in total. The molecule has 0 aliphatic heterocycles. The molecule has 0 atom stereocenters. The number of aryl methyl sites for hydroxylation is 2. The van der Waals surface area contributed by atoms with Crippen molar-refractivity contribution in [3.8, 4) is 17.9 Å². The van der Waals surface area contributed by atoms with Crippen LogP contribution < -0.4 is 0 Å². The summed E-state index contributed by atoms with van der Waals surface area (Å²) < 4.78 is 1.85. The highest BCUT2D eigenvalue weighted by Crippen LogP contribution is 2.09. The molecular formula is C15H13N3. The van der Waals surface area contributed by atoms with Gasteiger partial charge in [-0.25, -0.2) is 4.98 Å². The van der Waals surface area contributed by atoms with Crippen LogP contribution in [-0.2, 0) is 13.5 Å². The predicted molar refractivity (Wildman–Crippen MR) is 69.7 cm³/mol. The molecule has 1 aromatic heterocycles. The average Bonchev–Trinajstić information content (AvgIpc) is 2.81. The fourth-order valence-electron chi connectivity index (χ4n) is 1.65. The molecule has 2 rings (SSSR count). The van der Waals surface area contributed by atoms with Crippen LogP contribution in [0.4, 0.5) is 0 Å². The lowest BCUT2D eigenvalue weighted by Gasteiger charge is -1.98. The van der Waals surface area contributed by atoms with E-state index in [0.29, 0.717) is 5.56 Å². The highest BCUT2D eigenvalue weighted by molar-refractivity contribution is 5.46. The zero-order valence-corrected chi connectivity index (χ0v) is 10.4. The van der Waals surface area contributed by atoms with E-state index in [0.717, 1.165) is 23.2 Å². The number of benzene rings is 1. The van der Waals surface area contributed by atoms with Gasteiger partial charge in [0.05, 0.1) is 18.0 Å². The van der Waals surface area contributed by atoms with Gasteiger partial charge in [-0.3, -0.25) is 0 Å². The second kappa shape index (κ2) is 5.21. The molecule has 0 unspecified atom stereocenters. The largest absolute Gasteiger partial charge is 0.339 e. The third kappa shape index (κ3) is 2.78. The van der Waals surface area contributed by atoms with Gasteiger partial charge in [-0.1, -0.05) is 12.8 Å². The predicted octanol–water partition coefficient (Wildman–Crippen LogP) is 2.25. The first kappa shape index (κ1) is 12.0. The van der Waals surface area contributed by atoms with Crippen molar-refractivity contribution in [2.24, 2.45) is 7.05 Å². The fourth-order valence-corrected chi connectivity index (χ4v) is 1.65. The Morgan fingerprint density at radius 1 is 1.22 bits per heavy atom. The molecule has 0 aliphatic rings. The van der Waals surface area contributed by atoms with Gasteiger partial charge in [-0.15, -0.1) is 0 Å². The molecule has 0 spiro atoms. The average molecular weight is 235 g/mol. The van der Waals surface area contributed by atoms with Gasteiger partial charge in [0.25, 0.3) is 0 Å². The molecule has 2 aromatic rings. The molecule has 1 aromatic carbocycles. The number of hydrogen-bond acceptors (Lipinski definition) is 2. The van der Waals surface area contributed by atoms with Crippen LogP contribution in [0.3, 0.4) is 0 Å². The summed E-state index contributed by atoms with van der Waals surface area (Å²) in [5, 5.41) is 8.96. The van der Waals surface area contributed by atoms with Gasteiger partial charge in [0.1, 0.15) is 5.69 Å². The summed E-state index contributed by atoms with van der Waals surface area (Å²) in [6, 6.07) is 7.86. The van der Waals surface area contributed by atoms with Crippen LogP contribution in [0.1, 0.15) is 29.3 Å². The number of rotatable bonds is 1. The SMILES string of the molecule is CCc1cc(C#N)cc(C#Cc2cn(C)cn2)c1. The van der Waals surface area contributed by atoms with Gasteiger partial charge in [0.2, 0.25) is 0 Å². The van der Waals surface area contributed by atoms with Gasteiger partial charge in [0, 0.05) is 18.8 Å². The zero-order valence-electron chi connectivity index (χ0n) is 10.4. The molecule has 0 radical (unpaired) electrons. The van der Waals surface area contributed by atoms with Crippen molar-refractivity contribution in [2.75, 3.05) is 0 Å². The highest BCUT2D eigenvalue weighted by Gasteiger charge is 1.98. The molecule has 0 saturated heterocycles. The standard InChI is InChI=1S/C15H13N3/c1-3-12-6-13(8-14(7-12)9-16)4-5-15-10-18(2)11-17-15/h6-8,10-11H,3H2,1-2H3. The van der Waals surface area contributed by atoms with E-state index in [2.05, 4.69) is 29.8 Å². The Bertz CT molecular complexity index is 663. The van der Waals surface area contributed by atoms with Crippen molar-refractivity contribution in [3.05, 3.63) is 53.1 Å². The first-order valence-corrected chi connectivity index (χ1v) is 5.75. The molecule has 3 nitrogen and oxygen atoms in total. The molecular weight excluding hydrogens is 222 g/mol. The number of nitrogens with zero attached hydrogens (tertiary/aromatic N) is 3. The molecule has 18 heavy (non-hydrogen) atoms. The summed E-state index contributed by atoms with van der Waals surface area (Å²) in [5.74, 6) is 6.04. The van der Waals surface area contributed by atoms with E-state index in [1.54, 1.807) is 12.4 Å². The van der Waals surface area contributed by atoms with E-state index in [1.807, 2.05) is 29.9 Å². The number of aromatic nitrogens is 2. The minimum absolute atomic E-state index is 0.652. The molecule has 3 heteroatoms. The quantitative estimate of drug-likeness (QED) is 0.711. The van der Waals surface area contributed by atoms with E-state index in [4.69, 9.17) is 5.26 Å². The highest BCUT2D eigenvalue weighted by atomic mass is 15.0. The zero-order chi connectivity index (χ0) is 13.0. The molecule has 0 aliphatic carbocycles. The Hall–Kier alpha value is -2.52. The lowest BCUT2D eigenvalue weighted by Crippen LogP contribution is -1.86. The van der Waals surface area contributed by atoms with Gasteiger partial charge >= 0.3 is 0 Å². The number of hydrogen-bond donors (Lipinski definition) is 0. The Morgan fingerprint density at radius 2 is 2.00 bits per heavy atom. The molecule has 0 saturated carbocycles. The van der Waals surface area contributed by atoms with Crippen LogP contribution in [0, 0.1) is 23.2 Å². The first-order chi connectivity index (χ1) is 8.71. The van der Waals surface area contributed by atoms with Crippen molar-refractivity contribution >= 4 is 0 Å². The maximum Gasteiger partial charge on any atom is 0.131 e. The van der Waals surface area contributed by atoms with Crippen LogP contribution in [0.2, 0.25) is 0 Å². The topological polar surface area (TPSA) is 41.6 Å². The number of nitriles is 1. The maximum atomic E-state index is 8.96. The Kier molecular flexibility index (Phi) is 3.46. The summed E-state index contributed by atoms with van der Waals surface area (Å²) in [4.78, 5) is 4.14. The van der Waals surface area contributed by atoms with Gasteiger partial charge in [-0.2, -0.15) is 5.26 Å². The Balaban J connectivity index is 2.35. The lowest BCUT2D eigenvalue weighted by atomic mass is 10.0. The van der Waals surface area contributed by atoms with Crippen molar-refractivity contribution < 1.29 is 0 Å². The summed E-state index contributed by atoms with van der Waals surface area (Å²) >= 11 is 0. The van der Waals surface area contributed by atoms with Crippen LogP contribution >= 0.6 is 0 Å². The first-order valence-electron chi connectivity index (χ1n) is 5.75. The summed E-state index contributed by atoms with van der Waals surface area (Å²) in [6.07, 6.45) is 4.48. The summed E-state index contributed by atoms with van der Waals surface area (Å²) in [5.41, 5.74) is 3.37. The van der Waals surface area contributed by atoms with E-state index in [9.17, 15) is 0 Å². The molecule has 88 valence electrons. The molecule has 0 fully saturated rings. The van der Waals surface area contributed by atoms with Gasteiger partial charge in [0.15, 0.2) is 0 Å². The van der Waals surface area contributed by atoms with Crippen molar-refractivity contribution in [2.45, 2.75) is 13.3 Å². The minimum atomic E-state index is 0.652. The van der Waals surface area contributed by atoms with Crippen LogP contribution in [0.5, 0.6) is 0 Å². The molecule has 1 heterocycles. The third-order valence-electron chi connectivity index (χ3n) is 2.57. The summed E-state index contributed by atoms with van der Waals surface area (Å²) in [6.45, 7) is 2.06. The smallest absolute Gasteiger partial charge is 0.131 e. The van der Waals surface area contributed by atoms with Crippen LogP contribution in [0.25, 0.3) is 0 Å². The lowest BCUT2D eigenvalue weighted by molar-refractivity contribution is 0.913. The summed E-state index contributed by atoms with van der Waals surface area (Å²) in [7, 11) is 1.91. The fraction of sp³-hybridized carbons (Fsp3) is 0.200. The molecule has 0 amide bonds. The van der Waals surface area contributed by atoms with E-state index < -0.39 is 0 Å². The third-order valence-corrected chi connectivity index (χ3v) is 2.57. The molecule has 0 bridgehead atoms. The Labute approximate surface area is 107 Å². The number of imidazole rings is 1. The second-order valence-electron chi connectivity index (χ2n) is 4.06. The maximum absolute atomic E-state index is 8.96. The van der Waals surface area contributed by atoms with Gasteiger partial charge < -0.3 is 4.57 Å². The van der Waals surface area contributed by atoms with Crippen molar-refractivity contribution in [3.63, 3.8) is 0 Å². The van der Waals surface area contributed by atoms with E-state index in [1.165, 1.54) is 0 Å². The van der Waals surface area contributed by atoms with Crippen LogP contribution in [0.15, 0.2) is 30.7 Å². The van der Waals surface area contributed by atoms with E-state index >= 15 is 0 Å². The van der Waals surface area contributed by atoms with Crippen LogP contribution in [-0.4, -0.2) is 9.55 Å². The van der Waals surface area contributed by atoms with Crippen molar-refractivity contribution in [1.82, 2.24) is 9.55 Å². The minimum Gasteiger partial charge on any atom is -0.339 e. The van der Waals surface area contributed by atoms with Gasteiger partial charge in [-0.05, 0) is 36.1 Å². The Morgan fingerprint density at radius 3 is 2.61 bits per heavy atom. The monoisotopic (exact) mass is 235 g/mol. The normalized spacial score (nSPS) is 9.39.